The number of rotatable bonds is 6. The fourth-order valence-corrected chi connectivity index (χ4v) is 3.81. The van der Waals surface area contributed by atoms with E-state index in [1.807, 2.05) is 5.38 Å². The third-order valence-electron chi connectivity index (χ3n) is 3.17. The molecule has 1 N–H and O–H groups in total. The van der Waals surface area contributed by atoms with Crippen LogP contribution in [-0.4, -0.2) is 26.2 Å². The summed E-state index contributed by atoms with van der Waals surface area (Å²) in [5.41, 5.74) is 1.30. The minimum Gasteiger partial charge on any atom is -0.462 e. The summed E-state index contributed by atoms with van der Waals surface area (Å²) in [4.78, 5) is 12.1. The number of carbonyl (C=O) groups is 1. The molecule has 112 valence electrons. The SMILES string of the molecule is CCOC(=O)c1c(C2CC2)csc1NS(=O)(=O)C(C)C. The molecule has 0 unspecified atom stereocenters. The summed E-state index contributed by atoms with van der Waals surface area (Å²) >= 11 is 1.25. The van der Waals surface area contributed by atoms with Crippen molar-refractivity contribution in [3.63, 3.8) is 0 Å². The third kappa shape index (κ3) is 3.15. The van der Waals surface area contributed by atoms with Crippen molar-refractivity contribution in [2.24, 2.45) is 0 Å². The van der Waals surface area contributed by atoms with Crippen molar-refractivity contribution in [2.75, 3.05) is 11.3 Å². The second-order valence-corrected chi connectivity index (χ2v) is 8.20. The molecule has 0 bridgehead atoms. The molecular weight excluding hydrogens is 298 g/mol. The molecule has 1 aromatic rings. The van der Waals surface area contributed by atoms with E-state index >= 15 is 0 Å². The highest BCUT2D eigenvalue weighted by atomic mass is 32.2. The maximum Gasteiger partial charge on any atom is 0.341 e. The highest BCUT2D eigenvalue weighted by molar-refractivity contribution is 7.93. The largest absolute Gasteiger partial charge is 0.462 e. The van der Waals surface area contributed by atoms with Gasteiger partial charge in [-0.25, -0.2) is 13.2 Å². The molecule has 0 aromatic carbocycles. The number of sulfonamides is 1. The van der Waals surface area contributed by atoms with Crippen LogP contribution in [0.2, 0.25) is 0 Å². The van der Waals surface area contributed by atoms with E-state index in [4.69, 9.17) is 4.74 Å². The van der Waals surface area contributed by atoms with Gasteiger partial charge in [-0.3, -0.25) is 4.72 Å². The van der Waals surface area contributed by atoms with Gasteiger partial charge in [0, 0.05) is 0 Å². The number of esters is 1. The molecule has 0 atom stereocenters. The van der Waals surface area contributed by atoms with E-state index in [-0.39, 0.29) is 6.61 Å². The summed E-state index contributed by atoms with van der Waals surface area (Å²) < 4.78 is 31.5. The third-order valence-corrected chi connectivity index (χ3v) is 5.94. The van der Waals surface area contributed by atoms with Crippen LogP contribution in [0.15, 0.2) is 5.38 Å². The summed E-state index contributed by atoms with van der Waals surface area (Å²) in [5.74, 6) is -0.0833. The second-order valence-electron chi connectivity index (χ2n) is 5.09. The maximum atomic E-state index is 12.1. The normalized spacial score (nSPS) is 15.4. The molecule has 20 heavy (non-hydrogen) atoms. The number of nitrogens with one attached hydrogen (secondary N) is 1. The van der Waals surface area contributed by atoms with E-state index in [1.165, 1.54) is 11.3 Å². The van der Waals surface area contributed by atoms with Crippen molar-refractivity contribution in [1.29, 1.82) is 0 Å². The Labute approximate surface area is 123 Å². The Hall–Kier alpha value is -1.08. The van der Waals surface area contributed by atoms with Crippen molar-refractivity contribution in [3.8, 4) is 0 Å². The predicted octanol–water partition coefficient (Wildman–Crippen LogP) is 2.95. The smallest absolute Gasteiger partial charge is 0.341 e. The number of hydrogen-bond acceptors (Lipinski definition) is 5. The van der Waals surface area contributed by atoms with Crippen LogP contribution in [-0.2, 0) is 14.8 Å². The van der Waals surface area contributed by atoms with E-state index in [0.717, 1.165) is 18.4 Å². The topological polar surface area (TPSA) is 72.5 Å². The molecule has 1 aromatic heterocycles. The zero-order valence-electron chi connectivity index (χ0n) is 11.8. The van der Waals surface area contributed by atoms with Gasteiger partial charge >= 0.3 is 5.97 Å². The first kappa shape index (κ1) is 15.3. The molecule has 2 rings (SSSR count). The van der Waals surface area contributed by atoms with Gasteiger partial charge in [-0.15, -0.1) is 11.3 Å². The average Bonchev–Trinajstić information content (AvgIpc) is 3.11. The minimum atomic E-state index is -3.46. The fraction of sp³-hybridized carbons (Fsp3) is 0.615. The first-order valence-electron chi connectivity index (χ1n) is 6.67. The summed E-state index contributed by atoms with van der Waals surface area (Å²) in [6.45, 7) is 5.21. The molecule has 0 amide bonds. The predicted molar refractivity (Wildman–Crippen MR) is 79.9 cm³/mol. The van der Waals surface area contributed by atoms with Gasteiger partial charge in [-0.1, -0.05) is 0 Å². The Kier molecular flexibility index (Phi) is 4.39. The minimum absolute atomic E-state index is 0.273. The fourth-order valence-electron chi connectivity index (χ4n) is 1.80. The van der Waals surface area contributed by atoms with E-state index in [2.05, 4.69) is 4.72 Å². The number of thiophene rings is 1. The molecule has 0 spiro atoms. The van der Waals surface area contributed by atoms with E-state index in [0.29, 0.717) is 16.5 Å². The van der Waals surface area contributed by atoms with Gasteiger partial charge in [0.1, 0.15) is 5.00 Å². The van der Waals surface area contributed by atoms with E-state index < -0.39 is 21.2 Å². The van der Waals surface area contributed by atoms with Crippen molar-refractivity contribution in [2.45, 2.75) is 44.8 Å². The van der Waals surface area contributed by atoms with Gasteiger partial charge in [0.15, 0.2) is 0 Å². The molecule has 7 heteroatoms. The lowest BCUT2D eigenvalue weighted by atomic mass is 10.1. The van der Waals surface area contributed by atoms with Crippen LogP contribution in [0.4, 0.5) is 5.00 Å². The zero-order chi connectivity index (χ0) is 14.9. The number of carbonyl (C=O) groups excluding carboxylic acids is 1. The van der Waals surface area contributed by atoms with Gasteiger partial charge in [0.05, 0.1) is 17.4 Å². The summed E-state index contributed by atoms with van der Waals surface area (Å²) in [6.07, 6.45) is 2.08. The highest BCUT2D eigenvalue weighted by Gasteiger charge is 2.33. The standard InChI is InChI=1S/C13H19NO4S2/c1-4-18-13(15)11-10(9-5-6-9)7-19-12(11)14-20(16,17)8(2)3/h7-9,14H,4-6H2,1-3H3. The van der Waals surface area contributed by atoms with E-state index in [1.54, 1.807) is 20.8 Å². The summed E-state index contributed by atoms with van der Waals surface area (Å²) in [7, 11) is -3.46. The molecule has 5 nitrogen and oxygen atoms in total. The second kappa shape index (κ2) is 5.73. The molecule has 0 saturated heterocycles. The lowest BCUT2D eigenvalue weighted by Crippen LogP contribution is -2.23. The van der Waals surface area contributed by atoms with Crippen LogP contribution in [0.25, 0.3) is 0 Å². The van der Waals surface area contributed by atoms with Gasteiger partial charge in [0.2, 0.25) is 10.0 Å². The van der Waals surface area contributed by atoms with Crippen LogP contribution >= 0.6 is 11.3 Å². The zero-order valence-corrected chi connectivity index (χ0v) is 13.4. The highest BCUT2D eigenvalue weighted by Crippen LogP contribution is 2.46. The Morgan fingerprint density at radius 3 is 2.65 bits per heavy atom. The van der Waals surface area contributed by atoms with Crippen molar-refractivity contribution >= 4 is 32.3 Å². The van der Waals surface area contributed by atoms with Crippen LogP contribution in [0, 0.1) is 0 Å². The molecule has 0 radical (unpaired) electrons. The number of hydrogen-bond donors (Lipinski definition) is 1. The van der Waals surface area contributed by atoms with Crippen LogP contribution in [0.5, 0.6) is 0 Å². The maximum absolute atomic E-state index is 12.1. The Bertz CT molecular complexity index is 600. The van der Waals surface area contributed by atoms with Gasteiger partial charge in [-0.2, -0.15) is 0 Å². The lowest BCUT2D eigenvalue weighted by molar-refractivity contribution is 0.0527. The molecule has 1 aliphatic rings. The molecule has 1 aliphatic carbocycles. The first-order chi connectivity index (χ1) is 9.36. The van der Waals surface area contributed by atoms with Gasteiger partial charge < -0.3 is 4.74 Å². The van der Waals surface area contributed by atoms with Crippen LogP contribution in [0.3, 0.4) is 0 Å². The van der Waals surface area contributed by atoms with Crippen LogP contribution in [0.1, 0.15) is 55.5 Å². The molecule has 1 saturated carbocycles. The summed E-state index contributed by atoms with van der Waals surface area (Å²) in [5, 5.41) is 1.69. The average molecular weight is 317 g/mol. The van der Waals surface area contributed by atoms with Crippen molar-refractivity contribution in [1.82, 2.24) is 0 Å². The number of ether oxygens (including phenoxy) is 1. The molecular formula is C13H19NO4S2. The van der Waals surface area contributed by atoms with Gasteiger partial charge in [-0.05, 0) is 50.5 Å². The van der Waals surface area contributed by atoms with Crippen molar-refractivity contribution < 1.29 is 17.9 Å². The summed E-state index contributed by atoms with van der Waals surface area (Å²) in [6, 6.07) is 0. The molecule has 1 heterocycles. The van der Waals surface area contributed by atoms with Gasteiger partial charge in [0.25, 0.3) is 0 Å². The first-order valence-corrected chi connectivity index (χ1v) is 9.09. The molecule has 0 aliphatic heterocycles. The molecule has 1 fully saturated rings. The van der Waals surface area contributed by atoms with Crippen LogP contribution < -0.4 is 4.72 Å². The monoisotopic (exact) mass is 317 g/mol. The number of anilines is 1. The Balaban J connectivity index is 2.36. The van der Waals surface area contributed by atoms with E-state index in [9.17, 15) is 13.2 Å². The van der Waals surface area contributed by atoms with Crippen molar-refractivity contribution in [3.05, 3.63) is 16.5 Å². The lowest BCUT2D eigenvalue weighted by Gasteiger charge is -2.11. The Morgan fingerprint density at radius 2 is 2.15 bits per heavy atom. The Morgan fingerprint density at radius 1 is 1.50 bits per heavy atom. The quantitative estimate of drug-likeness (QED) is 0.819.